The molecule has 8 N–H and O–H groups in total. The lowest BCUT2D eigenvalue weighted by Crippen LogP contribution is -2.66. The molecule has 2 saturated heterocycles. The zero-order valence-corrected chi connectivity index (χ0v) is 12.0. The molecule has 23 heavy (non-hydrogen) atoms. The zero-order valence-electron chi connectivity index (χ0n) is 12.0. The first kappa shape index (κ1) is 18.9. The molecule has 0 aliphatic carbocycles. The van der Waals surface area contributed by atoms with E-state index >= 15 is 0 Å². The predicted octanol–water partition coefficient (Wildman–Crippen LogP) is -5.40. The van der Waals surface area contributed by atoms with Crippen LogP contribution in [0, 0.1) is 0 Å². The van der Waals surface area contributed by atoms with Crippen molar-refractivity contribution in [2.24, 2.45) is 0 Å². The first-order valence-corrected chi connectivity index (χ1v) is 7.04. The van der Waals surface area contributed by atoms with Crippen molar-refractivity contribution < 1.29 is 55.1 Å². The second-order valence-electron chi connectivity index (χ2n) is 5.62. The Kier molecular flexibility index (Phi) is 5.92. The van der Waals surface area contributed by atoms with Gasteiger partial charge in [-0.1, -0.05) is 0 Å². The van der Waals surface area contributed by atoms with Crippen molar-refractivity contribution in [3.63, 3.8) is 0 Å². The van der Waals surface area contributed by atoms with E-state index in [2.05, 4.69) is 0 Å². The van der Waals surface area contributed by atoms with Crippen LogP contribution < -0.4 is 0 Å². The van der Waals surface area contributed by atoms with Crippen LogP contribution in [0.4, 0.5) is 0 Å². The summed E-state index contributed by atoms with van der Waals surface area (Å²) in [7, 11) is 0. The monoisotopic (exact) mass is 342 g/mol. The molecular weight excluding hydrogens is 320 g/mol. The van der Waals surface area contributed by atoms with Crippen LogP contribution in [0.5, 0.6) is 0 Å². The molecule has 2 aliphatic rings. The first-order chi connectivity index (χ1) is 10.7. The Hall–Kier alpha value is -0.440. The average molecular weight is 342 g/mol. The molecule has 2 rings (SSSR count). The molecule has 2 aliphatic heterocycles. The average Bonchev–Trinajstić information content (AvgIpc) is 2.55. The van der Waals surface area contributed by atoms with Gasteiger partial charge in [0.2, 0.25) is 5.79 Å². The number of hydrogen-bond acceptors (Lipinski definition) is 11. The third-order valence-electron chi connectivity index (χ3n) is 4.02. The molecule has 11 heteroatoms. The summed E-state index contributed by atoms with van der Waals surface area (Å²) in [6.45, 7) is -2.13. The molecule has 0 aromatic heterocycles. The Bertz CT molecular complexity index is 393. The molecule has 2 fully saturated rings. The van der Waals surface area contributed by atoms with Gasteiger partial charge in [-0.25, -0.2) is 0 Å². The van der Waals surface area contributed by atoms with Gasteiger partial charge in [0, 0.05) is 0 Å². The van der Waals surface area contributed by atoms with Crippen LogP contribution in [0.2, 0.25) is 0 Å². The molecule has 2 heterocycles. The fraction of sp³-hybridized carbons (Fsp3) is 1.00. The number of rotatable bonds is 4. The van der Waals surface area contributed by atoms with E-state index in [1.807, 2.05) is 0 Å². The van der Waals surface area contributed by atoms with Crippen LogP contribution in [0.1, 0.15) is 0 Å². The molecule has 0 aromatic rings. The molecule has 0 saturated carbocycles. The van der Waals surface area contributed by atoms with Crippen molar-refractivity contribution in [1.29, 1.82) is 0 Å². The Balaban J connectivity index is 2.12. The Morgan fingerprint density at radius 2 is 1.65 bits per heavy atom. The topological polar surface area (TPSA) is 190 Å². The minimum atomic E-state index is -2.38. The summed E-state index contributed by atoms with van der Waals surface area (Å²) < 4.78 is 15.1. The Morgan fingerprint density at radius 1 is 1.00 bits per heavy atom. The van der Waals surface area contributed by atoms with Crippen LogP contribution >= 0.6 is 0 Å². The summed E-state index contributed by atoms with van der Waals surface area (Å²) in [6.07, 6.45) is -12.7. The maximum atomic E-state index is 10.00. The van der Waals surface area contributed by atoms with Gasteiger partial charge in [-0.3, -0.25) is 0 Å². The maximum Gasteiger partial charge on any atom is 0.218 e. The van der Waals surface area contributed by atoms with E-state index in [1.165, 1.54) is 0 Å². The van der Waals surface area contributed by atoms with E-state index < -0.39 is 74.6 Å². The van der Waals surface area contributed by atoms with Gasteiger partial charge in [-0.15, -0.1) is 0 Å². The number of ether oxygens (including phenoxy) is 3. The van der Waals surface area contributed by atoms with E-state index in [0.717, 1.165) is 0 Å². The van der Waals surface area contributed by atoms with Gasteiger partial charge in [-0.05, 0) is 0 Å². The van der Waals surface area contributed by atoms with E-state index in [4.69, 9.17) is 24.4 Å². The maximum absolute atomic E-state index is 10.00. The minimum absolute atomic E-state index is 0.476. The number of hydrogen-bond donors (Lipinski definition) is 8. The molecular formula is C12H22O11. The lowest BCUT2D eigenvalue weighted by atomic mass is 9.96. The van der Waals surface area contributed by atoms with E-state index in [1.54, 1.807) is 0 Å². The van der Waals surface area contributed by atoms with Gasteiger partial charge < -0.3 is 55.1 Å². The molecule has 0 amide bonds. The quantitative estimate of drug-likeness (QED) is 0.243. The van der Waals surface area contributed by atoms with Crippen molar-refractivity contribution >= 4 is 0 Å². The highest BCUT2D eigenvalue weighted by Crippen LogP contribution is 2.29. The van der Waals surface area contributed by atoms with Crippen LogP contribution in [-0.4, -0.2) is 115 Å². The molecule has 0 radical (unpaired) electrons. The molecule has 136 valence electrons. The number of aliphatic hydroxyl groups is 8. The second kappa shape index (κ2) is 7.21. The van der Waals surface area contributed by atoms with Crippen molar-refractivity contribution in [3.8, 4) is 0 Å². The Labute approximate surface area is 130 Å². The van der Waals surface area contributed by atoms with Gasteiger partial charge in [0.15, 0.2) is 6.29 Å². The lowest BCUT2D eigenvalue weighted by Gasteiger charge is -2.46. The van der Waals surface area contributed by atoms with Crippen LogP contribution in [-0.2, 0) is 14.2 Å². The number of aliphatic hydroxyl groups excluding tert-OH is 7. The summed E-state index contributed by atoms with van der Waals surface area (Å²) in [5.74, 6) is -2.38. The van der Waals surface area contributed by atoms with Gasteiger partial charge in [0.1, 0.15) is 42.7 Å². The molecule has 0 spiro atoms. The summed E-state index contributed by atoms with van der Waals surface area (Å²) in [5, 5.41) is 77.1. The minimum Gasteiger partial charge on any atom is -0.394 e. The summed E-state index contributed by atoms with van der Waals surface area (Å²) in [5.41, 5.74) is 0. The fourth-order valence-electron chi connectivity index (χ4n) is 2.52. The van der Waals surface area contributed by atoms with Gasteiger partial charge in [0.05, 0.1) is 19.8 Å². The van der Waals surface area contributed by atoms with E-state index in [0.29, 0.717) is 0 Å². The highest BCUT2D eigenvalue weighted by molar-refractivity contribution is 4.95. The molecule has 11 nitrogen and oxygen atoms in total. The van der Waals surface area contributed by atoms with E-state index in [-0.39, 0.29) is 0 Å². The normalized spacial score (nSPS) is 51.7. The van der Waals surface area contributed by atoms with Gasteiger partial charge in [0.25, 0.3) is 0 Å². The van der Waals surface area contributed by atoms with Gasteiger partial charge >= 0.3 is 0 Å². The molecule has 0 aromatic carbocycles. The van der Waals surface area contributed by atoms with Crippen molar-refractivity contribution in [2.45, 2.75) is 54.8 Å². The van der Waals surface area contributed by atoms with Crippen molar-refractivity contribution in [3.05, 3.63) is 0 Å². The first-order valence-electron chi connectivity index (χ1n) is 7.04. The Morgan fingerprint density at radius 3 is 2.22 bits per heavy atom. The summed E-state index contributed by atoms with van der Waals surface area (Å²) in [6, 6.07) is 0. The lowest BCUT2D eigenvalue weighted by molar-refractivity contribution is -0.373. The SMILES string of the molecule is OC[C@H]1O[C@H](O[C@@H]2[C@H](O)CO[C@@](O)(CO)[C@H]2O)[C@H](O)[C@@H](O)[C@@H]1O. The van der Waals surface area contributed by atoms with E-state index in [9.17, 15) is 30.6 Å². The van der Waals surface area contributed by atoms with Crippen molar-refractivity contribution in [2.75, 3.05) is 19.8 Å². The van der Waals surface area contributed by atoms with Gasteiger partial charge in [-0.2, -0.15) is 0 Å². The predicted molar refractivity (Wildman–Crippen MR) is 68.6 cm³/mol. The van der Waals surface area contributed by atoms with Crippen LogP contribution in [0.25, 0.3) is 0 Å². The molecule has 0 bridgehead atoms. The third kappa shape index (κ3) is 3.50. The largest absolute Gasteiger partial charge is 0.394 e. The van der Waals surface area contributed by atoms with Crippen molar-refractivity contribution in [1.82, 2.24) is 0 Å². The summed E-state index contributed by atoms with van der Waals surface area (Å²) >= 11 is 0. The second-order valence-corrected chi connectivity index (χ2v) is 5.62. The third-order valence-corrected chi connectivity index (χ3v) is 4.02. The molecule has 0 unspecified atom stereocenters. The fourth-order valence-corrected chi connectivity index (χ4v) is 2.52. The van der Waals surface area contributed by atoms with Crippen LogP contribution in [0.15, 0.2) is 0 Å². The summed E-state index contributed by atoms with van der Waals surface area (Å²) in [4.78, 5) is 0. The highest BCUT2D eigenvalue weighted by Gasteiger charge is 2.52. The van der Waals surface area contributed by atoms with Crippen LogP contribution in [0.3, 0.4) is 0 Å². The highest BCUT2D eigenvalue weighted by atomic mass is 16.7. The standard InChI is InChI=1S/C12H22O11/c13-1-5-6(16)7(17)8(18)11(22-5)23-9-4(15)2-21-12(20,3-14)10(9)19/h4-11,13-20H,1-3H2/t4-,5-,6-,7+,8-,9-,10+,11-,12+/m1/s1. The molecule has 9 atom stereocenters. The smallest absolute Gasteiger partial charge is 0.218 e. The zero-order chi connectivity index (χ0) is 17.4.